The molecule has 0 saturated carbocycles. The van der Waals surface area contributed by atoms with Crippen LogP contribution in [0.15, 0.2) is 199 Å². The Bertz CT molecular complexity index is 4300. The molecule has 0 atom stereocenters. The van der Waals surface area contributed by atoms with E-state index in [0.717, 1.165) is 76.4 Å². The molecule has 9 aromatic carbocycles. The molecule has 5 heteroatoms. The highest BCUT2D eigenvalue weighted by atomic mass is 16.3. The third kappa shape index (κ3) is 7.94. The average Bonchev–Trinajstić information content (AvgIpc) is 1.05. The molecule has 2 aliphatic carbocycles. The van der Waals surface area contributed by atoms with Crippen LogP contribution in [0.2, 0.25) is 0 Å². The Balaban J connectivity index is 1.11. The molecule has 430 valence electrons. The van der Waals surface area contributed by atoms with Gasteiger partial charge in [0.2, 0.25) is 0 Å². The highest BCUT2D eigenvalue weighted by Gasteiger charge is 2.52. The Kier molecular flexibility index (Phi) is 11.8. The van der Waals surface area contributed by atoms with Gasteiger partial charge in [0.05, 0.1) is 33.8 Å². The van der Waals surface area contributed by atoms with E-state index in [-0.39, 0.29) is 39.2 Å². The number of rotatable bonds is 5. The first-order chi connectivity index (χ1) is 40.9. The smallest absolute Gasteiger partial charge is 0.297 e. The van der Waals surface area contributed by atoms with Crippen LogP contribution in [0.25, 0.3) is 11.0 Å². The fourth-order valence-electron chi connectivity index (χ4n) is 16.2. The van der Waals surface area contributed by atoms with E-state index in [1.54, 1.807) is 0 Å². The molecule has 0 amide bonds. The third-order valence-corrected chi connectivity index (χ3v) is 21.3. The van der Waals surface area contributed by atoms with Crippen LogP contribution in [0.4, 0.5) is 51.2 Å². The van der Waals surface area contributed by atoms with Crippen molar-refractivity contribution in [3.05, 3.63) is 250 Å². The maximum Gasteiger partial charge on any atom is 0.297 e. The molecule has 86 heavy (non-hydrogen) atoms. The summed E-state index contributed by atoms with van der Waals surface area (Å²) in [5, 5.41) is 1.14. The van der Waals surface area contributed by atoms with Gasteiger partial charge in [0.25, 0.3) is 6.71 Å². The average molecular weight is 1120 g/mol. The van der Waals surface area contributed by atoms with Gasteiger partial charge >= 0.3 is 0 Å². The zero-order valence-electron chi connectivity index (χ0n) is 53.1. The number of para-hydroxylation sites is 2. The van der Waals surface area contributed by atoms with Gasteiger partial charge in [-0.05, 0) is 191 Å². The van der Waals surface area contributed by atoms with E-state index >= 15 is 0 Å². The van der Waals surface area contributed by atoms with Gasteiger partial charge in [-0.1, -0.05) is 224 Å². The highest BCUT2D eigenvalue weighted by molar-refractivity contribution is 7.00. The number of furan rings is 1. The summed E-state index contributed by atoms with van der Waals surface area (Å²) in [5.74, 6) is 0. The van der Waals surface area contributed by atoms with Crippen LogP contribution in [0.5, 0.6) is 0 Å². The van der Waals surface area contributed by atoms with Crippen LogP contribution in [0.3, 0.4) is 0 Å². The van der Waals surface area contributed by atoms with Gasteiger partial charge in [-0.25, -0.2) is 0 Å². The molecule has 0 bridgehead atoms. The maximum absolute atomic E-state index is 7.67. The van der Waals surface area contributed by atoms with E-state index in [1.807, 2.05) is 0 Å². The van der Waals surface area contributed by atoms with Crippen LogP contribution in [-0.2, 0) is 37.9 Å². The minimum absolute atomic E-state index is 0.0124. The fourth-order valence-corrected chi connectivity index (χ4v) is 16.2. The number of hydrogen-bond acceptors (Lipinski definition) is 4. The first-order valence-corrected chi connectivity index (χ1v) is 31.8. The maximum atomic E-state index is 7.67. The number of hydrogen-bond donors (Lipinski definition) is 0. The molecule has 0 radical (unpaired) electrons. The first-order valence-electron chi connectivity index (χ1n) is 31.8. The third-order valence-electron chi connectivity index (χ3n) is 21.3. The number of benzene rings is 9. The van der Waals surface area contributed by atoms with E-state index < -0.39 is 5.41 Å². The molecular formula is C81H82BN3O. The molecular weight excluding hydrogens is 1040 g/mol. The molecule has 4 nitrogen and oxygen atoms in total. The van der Waals surface area contributed by atoms with Crippen LogP contribution >= 0.6 is 0 Å². The van der Waals surface area contributed by atoms with Crippen LogP contribution in [0.1, 0.15) is 178 Å². The Morgan fingerprint density at radius 1 is 0.372 bits per heavy atom. The van der Waals surface area contributed by atoms with E-state index in [9.17, 15) is 0 Å². The second-order valence-electron chi connectivity index (χ2n) is 30.6. The zero-order valence-corrected chi connectivity index (χ0v) is 53.1. The summed E-state index contributed by atoms with van der Waals surface area (Å²) in [4.78, 5) is 7.91. The van der Waals surface area contributed by atoms with Crippen LogP contribution in [0, 0.1) is 0 Å². The Morgan fingerprint density at radius 2 is 0.837 bits per heavy atom. The monoisotopic (exact) mass is 1120 g/mol. The highest BCUT2D eigenvalue weighted by Crippen LogP contribution is 2.60. The summed E-state index contributed by atoms with van der Waals surface area (Å²) in [7, 11) is 0. The molecule has 0 spiro atoms. The topological polar surface area (TPSA) is 22.9 Å². The fraction of sp³-hybridized carbons (Fsp3) is 0.309. The molecule has 0 fully saturated rings. The summed E-state index contributed by atoms with van der Waals surface area (Å²) in [6, 6.07) is 75.4. The van der Waals surface area contributed by atoms with Crippen LogP contribution in [-0.4, -0.2) is 6.71 Å². The van der Waals surface area contributed by atoms with E-state index in [1.165, 1.54) is 83.6 Å². The quantitative estimate of drug-likeness (QED) is 0.160. The Hall–Kier alpha value is -8.02. The van der Waals surface area contributed by atoms with Gasteiger partial charge in [-0.2, -0.15) is 0 Å². The van der Waals surface area contributed by atoms with Crippen molar-refractivity contribution in [2.24, 2.45) is 0 Å². The SMILES string of the molecule is CC(C)(C)c1ccc(N2c3cc(N4c5ccccc5C(c5ccccc5)(c5ccccc5)c5ccccc54)cc4c3B(c3cc5c(cc3N4c3ccc4c(c3)C(C)(C)CCC4(C)C)C(C)(C)CCC5(C)C)c3oc4ccc(C(C)(C)C)cc4c32)cc1. The van der Waals surface area contributed by atoms with Crippen molar-refractivity contribution >= 4 is 85.5 Å². The molecule has 15 rings (SSSR count). The van der Waals surface area contributed by atoms with Gasteiger partial charge in [0.1, 0.15) is 5.58 Å². The molecule has 0 N–H and O–H groups in total. The molecule has 0 unspecified atom stereocenters. The van der Waals surface area contributed by atoms with E-state index in [0.29, 0.717) is 0 Å². The predicted octanol–water partition coefficient (Wildman–Crippen LogP) is 20.0. The first kappa shape index (κ1) is 54.6. The minimum Gasteiger partial charge on any atom is -0.468 e. The molecule has 4 heterocycles. The summed E-state index contributed by atoms with van der Waals surface area (Å²) in [6.07, 6.45) is 4.54. The standard InChI is InChI=1S/C81H82BN3O/c1-75(2,3)51-33-36-55(37-34-51)85-70-48-57(84-66-31-23-21-29-60(66)81(52-25-17-15-18-26-52,53-27-19-16-20-28-53)61-30-22-24-32-67(61)84)47-69-72(70)82(74-73(85)58-45-54(76(4,5)6)35-40-71(58)86-74)65-49-63-64(80(13,14)44-43-79(63,11)12)50-68(65)83(69)56-38-39-59-62(46-56)78(9,10)42-41-77(59,7)8/h15-40,45-50H,41-44H2,1-14H3. The van der Waals surface area contributed by atoms with Crippen molar-refractivity contribution in [2.45, 2.75) is 161 Å². The van der Waals surface area contributed by atoms with Gasteiger partial charge in [0, 0.05) is 33.8 Å². The van der Waals surface area contributed by atoms with Crippen LogP contribution < -0.4 is 31.3 Å². The second kappa shape index (κ2) is 18.5. The van der Waals surface area contributed by atoms with Crippen molar-refractivity contribution in [1.82, 2.24) is 0 Å². The molecule has 3 aliphatic heterocycles. The Morgan fingerprint density at radius 3 is 1.40 bits per heavy atom. The van der Waals surface area contributed by atoms with Gasteiger partial charge in [0.15, 0.2) is 0 Å². The normalized spacial score (nSPS) is 18.1. The lowest BCUT2D eigenvalue weighted by Crippen LogP contribution is -2.61. The van der Waals surface area contributed by atoms with Crippen molar-refractivity contribution in [2.75, 3.05) is 14.7 Å². The second-order valence-corrected chi connectivity index (χ2v) is 30.6. The van der Waals surface area contributed by atoms with E-state index in [4.69, 9.17) is 4.42 Å². The molecule has 5 aliphatic rings. The summed E-state index contributed by atoms with van der Waals surface area (Å²) in [6.45, 7) is 33.5. The molecule has 0 saturated heterocycles. The predicted molar refractivity (Wildman–Crippen MR) is 365 cm³/mol. The minimum atomic E-state index is -0.621. The summed E-state index contributed by atoms with van der Waals surface area (Å²) >= 11 is 0. The van der Waals surface area contributed by atoms with E-state index in [2.05, 4.69) is 306 Å². The van der Waals surface area contributed by atoms with Crippen molar-refractivity contribution in [1.29, 1.82) is 0 Å². The van der Waals surface area contributed by atoms with Gasteiger partial charge in [-0.3, -0.25) is 0 Å². The zero-order chi connectivity index (χ0) is 59.8. The lowest BCUT2D eigenvalue weighted by atomic mass is 9.35. The molecule has 1 aromatic heterocycles. The lowest BCUT2D eigenvalue weighted by molar-refractivity contribution is 0.332. The van der Waals surface area contributed by atoms with Gasteiger partial charge in [-0.15, -0.1) is 0 Å². The number of nitrogens with zero attached hydrogens (tertiary/aromatic N) is 3. The Labute approximate surface area is 512 Å². The number of fused-ring (bicyclic) bond motifs is 10. The van der Waals surface area contributed by atoms with Gasteiger partial charge < -0.3 is 19.1 Å². The summed E-state index contributed by atoms with van der Waals surface area (Å²) in [5.41, 5.74) is 27.5. The van der Waals surface area contributed by atoms with Crippen molar-refractivity contribution in [3.63, 3.8) is 0 Å². The lowest BCUT2D eigenvalue weighted by Gasteiger charge is -2.48. The number of anilines is 9. The summed E-state index contributed by atoms with van der Waals surface area (Å²) < 4.78 is 7.67. The largest absolute Gasteiger partial charge is 0.468 e. The molecule has 10 aromatic rings. The van der Waals surface area contributed by atoms with Crippen molar-refractivity contribution < 1.29 is 4.42 Å². The van der Waals surface area contributed by atoms with Crippen molar-refractivity contribution in [3.8, 4) is 0 Å².